The van der Waals surface area contributed by atoms with E-state index >= 15 is 0 Å². The maximum absolute atomic E-state index is 13.0. The second kappa shape index (κ2) is 16.9. The highest BCUT2D eigenvalue weighted by Crippen LogP contribution is 2.36. The summed E-state index contributed by atoms with van der Waals surface area (Å²) in [4.78, 5) is 25.3. The molecule has 0 aromatic heterocycles. The number of hydrogen-bond donors (Lipinski definition) is 1. The number of unbranched alkanes of at least 4 members (excludes halogenated alkanes) is 8. The Balaban J connectivity index is 1.75. The molecule has 5 nitrogen and oxygen atoms in total. The van der Waals surface area contributed by atoms with Gasteiger partial charge in [0.15, 0.2) is 5.60 Å². The maximum Gasteiger partial charge on any atom is 0.340 e. The number of benzene rings is 2. The molecule has 5 heteroatoms. The summed E-state index contributed by atoms with van der Waals surface area (Å²) in [6, 6.07) is 15.6. The van der Waals surface area contributed by atoms with Crippen LogP contribution in [-0.4, -0.2) is 35.4 Å². The lowest BCUT2D eigenvalue weighted by Crippen LogP contribution is -2.40. The summed E-state index contributed by atoms with van der Waals surface area (Å²) in [5.41, 5.74) is 2.89. The summed E-state index contributed by atoms with van der Waals surface area (Å²) in [6.45, 7) is 6.76. The number of ether oxygens (including phenoxy) is 2. The Bertz CT molecular complexity index is 1170. The standard InChI is InChI=1S/C36H48O5/c1-4-6-8-10-11-16-26-40-36(35(38)39)24-22-30(23-25-36)32-21-20-31(27-33(32)29-18-14-12-15-19-29)34(37)41-28(3)17-13-9-7-5-2/h12,14-15,18-24,27-28H,4-11,13,16-17,25-26H2,1-3H3,(H,38,39). The molecule has 2 unspecified atom stereocenters. The number of carbonyl (C=O) groups is 2. The minimum atomic E-state index is -1.35. The molecule has 2 aromatic rings. The molecule has 0 bridgehead atoms. The maximum atomic E-state index is 13.0. The largest absolute Gasteiger partial charge is 0.479 e. The third-order valence-corrected chi connectivity index (χ3v) is 7.80. The Morgan fingerprint density at radius 1 is 0.878 bits per heavy atom. The molecule has 0 saturated heterocycles. The fourth-order valence-electron chi connectivity index (χ4n) is 5.23. The van der Waals surface area contributed by atoms with Crippen molar-refractivity contribution in [2.45, 2.75) is 110 Å². The van der Waals surface area contributed by atoms with Crippen molar-refractivity contribution in [2.75, 3.05) is 6.61 Å². The molecule has 41 heavy (non-hydrogen) atoms. The third-order valence-electron chi connectivity index (χ3n) is 7.80. The SMILES string of the molecule is CCCCCCCCOC1(C(=O)O)C=CC(c2ccc(C(=O)OC(C)CCCCCC)cc2-c2ccccc2)=CC1. The fourth-order valence-corrected chi connectivity index (χ4v) is 5.23. The number of hydrogen-bond acceptors (Lipinski definition) is 4. The molecule has 0 saturated carbocycles. The molecule has 0 aliphatic heterocycles. The van der Waals surface area contributed by atoms with E-state index in [-0.39, 0.29) is 18.5 Å². The van der Waals surface area contributed by atoms with Crippen molar-refractivity contribution in [3.05, 3.63) is 77.9 Å². The Hall–Kier alpha value is -3.18. The lowest BCUT2D eigenvalue weighted by molar-refractivity contribution is -0.159. The second-order valence-corrected chi connectivity index (χ2v) is 11.2. The highest BCUT2D eigenvalue weighted by Gasteiger charge is 2.38. The first-order valence-corrected chi connectivity index (χ1v) is 15.6. The van der Waals surface area contributed by atoms with E-state index in [9.17, 15) is 14.7 Å². The molecule has 0 fully saturated rings. The van der Waals surface area contributed by atoms with Crippen molar-refractivity contribution >= 4 is 17.5 Å². The first-order chi connectivity index (χ1) is 19.9. The minimum absolute atomic E-state index is 0.135. The Kier molecular flexibility index (Phi) is 13.4. The van der Waals surface area contributed by atoms with Crippen LogP contribution in [-0.2, 0) is 14.3 Å². The highest BCUT2D eigenvalue weighted by molar-refractivity contribution is 5.95. The first-order valence-electron chi connectivity index (χ1n) is 15.6. The number of carbonyl (C=O) groups excluding carboxylic acids is 1. The summed E-state index contributed by atoms with van der Waals surface area (Å²) in [5.74, 6) is -1.29. The topological polar surface area (TPSA) is 72.8 Å². The van der Waals surface area contributed by atoms with Crippen molar-refractivity contribution in [2.24, 2.45) is 0 Å². The van der Waals surface area contributed by atoms with Gasteiger partial charge in [0.1, 0.15) is 0 Å². The lowest BCUT2D eigenvalue weighted by atomic mass is 9.86. The van der Waals surface area contributed by atoms with Crippen LogP contribution in [0.4, 0.5) is 0 Å². The molecule has 0 radical (unpaired) electrons. The van der Waals surface area contributed by atoms with Crippen LogP contribution in [0.1, 0.15) is 114 Å². The predicted octanol–water partition coefficient (Wildman–Crippen LogP) is 9.41. The fraction of sp³-hybridized carbons (Fsp3) is 0.500. The van der Waals surface area contributed by atoms with Crippen LogP contribution in [0.3, 0.4) is 0 Å². The monoisotopic (exact) mass is 560 g/mol. The molecule has 1 aliphatic rings. The molecule has 2 aromatic carbocycles. The van der Waals surface area contributed by atoms with Crippen molar-refractivity contribution in [3.8, 4) is 11.1 Å². The van der Waals surface area contributed by atoms with Gasteiger partial charge in [-0.05, 0) is 66.7 Å². The summed E-state index contributed by atoms with van der Waals surface area (Å²) in [5, 5.41) is 10.0. The van der Waals surface area contributed by atoms with E-state index in [1.54, 1.807) is 12.1 Å². The van der Waals surface area contributed by atoms with Gasteiger partial charge in [-0.25, -0.2) is 9.59 Å². The second-order valence-electron chi connectivity index (χ2n) is 11.2. The van der Waals surface area contributed by atoms with Gasteiger partial charge in [0.05, 0.1) is 11.7 Å². The molecule has 1 N–H and O–H groups in total. The molecular weight excluding hydrogens is 512 g/mol. The van der Waals surface area contributed by atoms with Crippen LogP contribution in [0.2, 0.25) is 0 Å². The predicted molar refractivity (Wildman–Crippen MR) is 167 cm³/mol. The number of allylic oxidation sites excluding steroid dienone is 2. The molecular formula is C36H48O5. The lowest BCUT2D eigenvalue weighted by Gasteiger charge is -2.29. The number of aliphatic carboxylic acids is 1. The van der Waals surface area contributed by atoms with Gasteiger partial charge >= 0.3 is 11.9 Å². The number of esters is 1. The first kappa shape index (κ1) is 32.3. The average molecular weight is 561 g/mol. The van der Waals surface area contributed by atoms with Gasteiger partial charge in [0.2, 0.25) is 0 Å². The van der Waals surface area contributed by atoms with Crippen molar-refractivity contribution in [3.63, 3.8) is 0 Å². The van der Waals surface area contributed by atoms with E-state index in [0.29, 0.717) is 12.2 Å². The van der Waals surface area contributed by atoms with E-state index in [1.165, 1.54) is 32.1 Å². The van der Waals surface area contributed by atoms with Gasteiger partial charge in [-0.1, -0.05) is 114 Å². The van der Waals surface area contributed by atoms with E-state index in [2.05, 4.69) is 13.8 Å². The van der Waals surface area contributed by atoms with Crippen LogP contribution >= 0.6 is 0 Å². The van der Waals surface area contributed by atoms with E-state index in [1.807, 2.05) is 61.5 Å². The smallest absolute Gasteiger partial charge is 0.340 e. The molecule has 1 aliphatic carbocycles. The number of carboxylic acid groups (broad SMARTS) is 1. The van der Waals surface area contributed by atoms with Crippen molar-refractivity contribution in [1.82, 2.24) is 0 Å². The zero-order valence-corrected chi connectivity index (χ0v) is 25.2. The normalized spacial score (nSPS) is 17.2. The zero-order chi connectivity index (χ0) is 29.5. The van der Waals surface area contributed by atoms with Crippen molar-refractivity contribution in [1.29, 1.82) is 0 Å². The molecule has 0 heterocycles. The summed E-state index contributed by atoms with van der Waals surface area (Å²) < 4.78 is 11.7. The van der Waals surface area contributed by atoms with Crippen molar-refractivity contribution < 1.29 is 24.2 Å². The number of carboxylic acids is 1. The van der Waals surface area contributed by atoms with E-state index < -0.39 is 11.6 Å². The Morgan fingerprint density at radius 2 is 1.56 bits per heavy atom. The van der Waals surface area contributed by atoms with Gasteiger partial charge in [-0.3, -0.25) is 0 Å². The van der Waals surface area contributed by atoms with E-state index in [0.717, 1.165) is 60.8 Å². The number of rotatable bonds is 18. The van der Waals surface area contributed by atoms with Crippen LogP contribution in [0, 0.1) is 0 Å². The molecule has 0 amide bonds. The van der Waals surface area contributed by atoms with E-state index in [4.69, 9.17) is 9.47 Å². The summed E-state index contributed by atoms with van der Waals surface area (Å²) in [6.07, 6.45) is 17.7. The average Bonchev–Trinajstić information content (AvgIpc) is 2.99. The summed E-state index contributed by atoms with van der Waals surface area (Å²) in [7, 11) is 0. The van der Waals surface area contributed by atoms with Crippen LogP contribution in [0.25, 0.3) is 16.7 Å². The molecule has 222 valence electrons. The van der Waals surface area contributed by atoms with Gasteiger partial charge in [-0.15, -0.1) is 0 Å². The zero-order valence-electron chi connectivity index (χ0n) is 25.2. The van der Waals surface area contributed by atoms with Gasteiger partial charge < -0.3 is 14.6 Å². The Morgan fingerprint density at radius 3 is 2.22 bits per heavy atom. The third kappa shape index (κ3) is 9.71. The molecule has 3 rings (SSSR count). The molecule has 0 spiro atoms. The quantitative estimate of drug-likeness (QED) is 0.145. The van der Waals surface area contributed by atoms with Crippen LogP contribution < -0.4 is 0 Å². The van der Waals surface area contributed by atoms with Gasteiger partial charge in [0, 0.05) is 13.0 Å². The van der Waals surface area contributed by atoms with Crippen LogP contribution in [0.5, 0.6) is 0 Å². The Labute approximate surface area is 246 Å². The molecule has 2 atom stereocenters. The van der Waals surface area contributed by atoms with Gasteiger partial charge in [-0.2, -0.15) is 0 Å². The van der Waals surface area contributed by atoms with Crippen LogP contribution in [0.15, 0.2) is 66.8 Å². The van der Waals surface area contributed by atoms with Gasteiger partial charge in [0.25, 0.3) is 0 Å². The summed E-state index contributed by atoms with van der Waals surface area (Å²) >= 11 is 0. The minimum Gasteiger partial charge on any atom is -0.479 e. The highest BCUT2D eigenvalue weighted by atomic mass is 16.5.